The summed E-state index contributed by atoms with van der Waals surface area (Å²) >= 11 is 5.89. The Kier molecular flexibility index (Phi) is 4.54. The summed E-state index contributed by atoms with van der Waals surface area (Å²) in [6, 6.07) is 5.08. The standard InChI is InChI=1S/C11H17ClN2O/c1-7-6-8(2-3-9(7)12)11(15)10(14)4-5-13/h2-3,6,10-11,15H,4-5,13-14H2,1H3. The first kappa shape index (κ1) is 12.5. The number of nitrogens with two attached hydrogens (primary N) is 2. The fraction of sp³-hybridized carbons (Fsp3) is 0.455. The molecule has 0 aromatic heterocycles. The zero-order chi connectivity index (χ0) is 11.4. The summed E-state index contributed by atoms with van der Waals surface area (Å²) in [5.41, 5.74) is 12.9. The highest BCUT2D eigenvalue weighted by atomic mass is 35.5. The van der Waals surface area contributed by atoms with Crippen molar-refractivity contribution >= 4 is 11.6 Å². The molecule has 0 heterocycles. The molecule has 0 spiro atoms. The van der Waals surface area contributed by atoms with Crippen molar-refractivity contribution < 1.29 is 5.11 Å². The predicted molar refractivity (Wildman–Crippen MR) is 62.8 cm³/mol. The summed E-state index contributed by atoms with van der Waals surface area (Å²) in [6.07, 6.45) is -0.0763. The van der Waals surface area contributed by atoms with Crippen LogP contribution in [0.2, 0.25) is 5.02 Å². The normalized spacial score (nSPS) is 15.0. The van der Waals surface area contributed by atoms with Gasteiger partial charge in [-0.2, -0.15) is 0 Å². The van der Waals surface area contributed by atoms with E-state index in [4.69, 9.17) is 23.1 Å². The number of aliphatic hydroxyl groups is 1. The topological polar surface area (TPSA) is 72.3 Å². The second-order valence-corrected chi connectivity index (χ2v) is 4.10. The molecule has 1 aromatic carbocycles. The lowest BCUT2D eigenvalue weighted by molar-refractivity contribution is 0.143. The van der Waals surface area contributed by atoms with Gasteiger partial charge in [-0.3, -0.25) is 0 Å². The molecule has 4 heteroatoms. The van der Waals surface area contributed by atoms with Crippen molar-refractivity contribution in [3.63, 3.8) is 0 Å². The molecule has 2 unspecified atom stereocenters. The van der Waals surface area contributed by atoms with Gasteiger partial charge in [0.05, 0.1) is 6.10 Å². The van der Waals surface area contributed by atoms with E-state index in [-0.39, 0.29) is 6.04 Å². The fourth-order valence-corrected chi connectivity index (χ4v) is 1.57. The van der Waals surface area contributed by atoms with Crippen LogP contribution in [0.3, 0.4) is 0 Å². The third kappa shape index (κ3) is 3.18. The van der Waals surface area contributed by atoms with Crippen LogP contribution in [0, 0.1) is 6.92 Å². The Balaban J connectivity index is 2.81. The molecule has 0 aliphatic heterocycles. The van der Waals surface area contributed by atoms with Crippen LogP contribution in [0.25, 0.3) is 0 Å². The van der Waals surface area contributed by atoms with E-state index in [1.54, 1.807) is 12.1 Å². The van der Waals surface area contributed by atoms with Crippen LogP contribution >= 0.6 is 11.6 Å². The van der Waals surface area contributed by atoms with Gasteiger partial charge >= 0.3 is 0 Å². The van der Waals surface area contributed by atoms with Crippen molar-refractivity contribution in [3.8, 4) is 0 Å². The summed E-state index contributed by atoms with van der Waals surface area (Å²) in [6.45, 7) is 2.37. The predicted octanol–water partition coefficient (Wildman–Crippen LogP) is 1.36. The molecular formula is C11H17ClN2O. The van der Waals surface area contributed by atoms with E-state index < -0.39 is 6.10 Å². The van der Waals surface area contributed by atoms with Gasteiger partial charge < -0.3 is 16.6 Å². The summed E-state index contributed by atoms with van der Waals surface area (Å²) in [5, 5.41) is 10.6. The summed E-state index contributed by atoms with van der Waals surface area (Å²) in [4.78, 5) is 0. The SMILES string of the molecule is Cc1cc(C(O)C(N)CCN)ccc1Cl. The minimum atomic E-state index is -0.676. The lowest BCUT2D eigenvalue weighted by Gasteiger charge is -2.19. The highest BCUT2D eigenvalue weighted by Gasteiger charge is 2.16. The quantitative estimate of drug-likeness (QED) is 0.729. The zero-order valence-corrected chi connectivity index (χ0v) is 9.54. The zero-order valence-electron chi connectivity index (χ0n) is 8.78. The molecular weight excluding hydrogens is 212 g/mol. The molecule has 0 radical (unpaired) electrons. The molecule has 0 aliphatic carbocycles. The van der Waals surface area contributed by atoms with Gasteiger partial charge in [0.25, 0.3) is 0 Å². The maximum absolute atomic E-state index is 9.91. The number of halogens is 1. The van der Waals surface area contributed by atoms with Crippen LogP contribution in [-0.2, 0) is 0 Å². The largest absolute Gasteiger partial charge is 0.387 e. The van der Waals surface area contributed by atoms with Crippen LogP contribution in [0.15, 0.2) is 18.2 Å². The van der Waals surface area contributed by atoms with Gasteiger partial charge in [0, 0.05) is 11.1 Å². The first-order valence-electron chi connectivity index (χ1n) is 4.96. The maximum atomic E-state index is 9.91. The van der Waals surface area contributed by atoms with Gasteiger partial charge in [-0.25, -0.2) is 0 Å². The van der Waals surface area contributed by atoms with E-state index in [1.165, 1.54) is 0 Å². The van der Waals surface area contributed by atoms with Crippen molar-refractivity contribution in [2.24, 2.45) is 11.5 Å². The average molecular weight is 229 g/mol. The van der Waals surface area contributed by atoms with Crippen molar-refractivity contribution in [1.29, 1.82) is 0 Å². The van der Waals surface area contributed by atoms with Crippen molar-refractivity contribution in [1.82, 2.24) is 0 Å². The Bertz CT molecular complexity index is 330. The molecule has 1 aromatic rings. The Morgan fingerprint density at radius 3 is 2.67 bits per heavy atom. The molecule has 0 saturated heterocycles. The van der Waals surface area contributed by atoms with Gasteiger partial charge in [0.1, 0.15) is 0 Å². The average Bonchev–Trinajstić information content (AvgIpc) is 2.21. The number of aliphatic hydroxyl groups excluding tert-OH is 1. The van der Waals surface area contributed by atoms with E-state index in [0.29, 0.717) is 18.0 Å². The van der Waals surface area contributed by atoms with E-state index >= 15 is 0 Å². The van der Waals surface area contributed by atoms with Crippen molar-refractivity contribution in [2.75, 3.05) is 6.54 Å². The Labute approximate surface area is 95.0 Å². The third-order valence-corrected chi connectivity index (χ3v) is 2.85. The van der Waals surface area contributed by atoms with Crippen LogP contribution in [-0.4, -0.2) is 17.7 Å². The molecule has 0 saturated carbocycles. The molecule has 84 valence electrons. The molecule has 2 atom stereocenters. The van der Waals surface area contributed by atoms with Crippen molar-refractivity contribution in [3.05, 3.63) is 34.3 Å². The monoisotopic (exact) mass is 228 g/mol. The van der Waals surface area contributed by atoms with Crippen LogP contribution in [0.5, 0.6) is 0 Å². The molecule has 0 bridgehead atoms. The molecule has 0 fully saturated rings. The highest BCUT2D eigenvalue weighted by molar-refractivity contribution is 6.31. The van der Waals surface area contributed by atoms with Gasteiger partial charge in [-0.1, -0.05) is 23.7 Å². The first-order valence-corrected chi connectivity index (χ1v) is 5.34. The van der Waals surface area contributed by atoms with Gasteiger partial charge in [0.2, 0.25) is 0 Å². The number of hydrogen-bond donors (Lipinski definition) is 3. The number of rotatable bonds is 4. The Morgan fingerprint density at radius 1 is 1.47 bits per heavy atom. The number of aryl methyl sites for hydroxylation is 1. The minimum absolute atomic E-state index is 0.324. The second kappa shape index (κ2) is 5.47. The summed E-state index contributed by atoms with van der Waals surface area (Å²) in [5.74, 6) is 0. The lowest BCUT2D eigenvalue weighted by Crippen LogP contribution is -2.30. The van der Waals surface area contributed by atoms with E-state index in [2.05, 4.69) is 0 Å². The number of benzene rings is 1. The highest BCUT2D eigenvalue weighted by Crippen LogP contribution is 2.22. The number of hydrogen-bond acceptors (Lipinski definition) is 3. The maximum Gasteiger partial charge on any atom is 0.0941 e. The molecule has 0 amide bonds. The second-order valence-electron chi connectivity index (χ2n) is 3.69. The molecule has 5 N–H and O–H groups in total. The van der Waals surface area contributed by atoms with Crippen molar-refractivity contribution in [2.45, 2.75) is 25.5 Å². The first-order chi connectivity index (χ1) is 7.06. The Morgan fingerprint density at radius 2 is 2.13 bits per heavy atom. The van der Waals surface area contributed by atoms with Crippen LogP contribution < -0.4 is 11.5 Å². The van der Waals surface area contributed by atoms with Crippen LogP contribution in [0.1, 0.15) is 23.7 Å². The van der Waals surface area contributed by atoms with E-state index in [1.807, 2.05) is 13.0 Å². The van der Waals surface area contributed by atoms with Gasteiger partial charge in [-0.05, 0) is 37.1 Å². The van der Waals surface area contributed by atoms with Gasteiger partial charge in [-0.15, -0.1) is 0 Å². The molecule has 1 rings (SSSR count). The molecule has 0 aliphatic rings. The van der Waals surface area contributed by atoms with E-state index in [9.17, 15) is 5.11 Å². The van der Waals surface area contributed by atoms with Crippen LogP contribution in [0.4, 0.5) is 0 Å². The summed E-state index contributed by atoms with van der Waals surface area (Å²) < 4.78 is 0. The fourth-order valence-electron chi connectivity index (χ4n) is 1.45. The lowest BCUT2D eigenvalue weighted by atomic mass is 9.99. The molecule has 3 nitrogen and oxygen atoms in total. The molecule has 15 heavy (non-hydrogen) atoms. The summed E-state index contributed by atoms with van der Waals surface area (Å²) in [7, 11) is 0. The Hall–Kier alpha value is -0.610. The smallest absolute Gasteiger partial charge is 0.0941 e. The van der Waals surface area contributed by atoms with Gasteiger partial charge in [0.15, 0.2) is 0 Å². The minimum Gasteiger partial charge on any atom is -0.387 e. The third-order valence-electron chi connectivity index (χ3n) is 2.43. The van der Waals surface area contributed by atoms with E-state index in [0.717, 1.165) is 11.1 Å².